The van der Waals surface area contributed by atoms with Crippen molar-refractivity contribution >= 4 is 17.0 Å². The van der Waals surface area contributed by atoms with Gasteiger partial charge in [-0.15, -0.1) is 11.3 Å². The van der Waals surface area contributed by atoms with E-state index >= 15 is 0 Å². The number of thiazole rings is 1. The van der Waals surface area contributed by atoms with Crippen LogP contribution in [0.3, 0.4) is 0 Å². The Labute approximate surface area is 132 Å². The van der Waals surface area contributed by atoms with Crippen LogP contribution in [0.2, 0.25) is 0 Å². The molecule has 2 aromatic rings. The van der Waals surface area contributed by atoms with E-state index in [1.807, 2.05) is 11.4 Å². The molecule has 1 aliphatic heterocycles. The third-order valence-electron chi connectivity index (χ3n) is 3.93. The first kappa shape index (κ1) is 15.1. The van der Waals surface area contributed by atoms with Crippen LogP contribution in [0.4, 0.5) is 5.69 Å². The fourth-order valence-electron chi connectivity index (χ4n) is 2.78. The first-order chi connectivity index (χ1) is 10.7. The second kappa shape index (κ2) is 6.51. The van der Waals surface area contributed by atoms with E-state index in [0.29, 0.717) is 0 Å². The van der Waals surface area contributed by atoms with E-state index in [1.54, 1.807) is 12.1 Å². The van der Waals surface area contributed by atoms with E-state index in [1.165, 1.54) is 17.4 Å². The second-order valence-electron chi connectivity index (χ2n) is 5.40. The summed E-state index contributed by atoms with van der Waals surface area (Å²) in [6.07, 6.45) is 2.13. The molecule has 1 saturated heterocycles. The highest BCUT2D eigenvalue weighted by Gasteiger charge is 2.24. The molecule has 1 aliphatic rings. The highest BCUT2D eigenvalue weighted by atomic mass is 32.1. The number of aromatic nitrogens is 1. The molecule has 0 saturated carbocycles. The van der Waals surface area contributed by atoms with Crippen LogP contribution in [0, 0.1) is 10.1 Å². The fraction of sp³-hybridized carbons (Fsp3) is 0.400. The van der Waals surface area contributed by atoms with E-state index in [9.17, 15) is 15.2 Å². The van der Waals surface area contributed by atoms with Crippen molar-refractivity contribution in [2.24, 2.45) is 0 Å². The zero-order valence-corrected chi connectivity index (χ0v) is 12.8. The van der Waals surface area contributed by atoms with Crippen molar-refractivity contribution < 1.29 is 10.0 Å². The molecule has 22 heavy (non-hydrogen) atoms. The number of hydrogen-bond acceptors (Lipinski definition) is 6. The van der Waals surface area contributed by atoms with E-state index in [-0.39, 0.29) is 18.3 Å². The lowest BCUT2D eigenvalue weighted by Gasteiger charge is -2.21. The van der Waals surface area contributed by atoms with Gasteiger partial charge in [0.1, 0.15) is 5.01 Å². The van der Waals surface area contributed by atoms with E-state index < -0.39 is 4.92 Å². The molecule has 0 spiro atoms. The third-order valence-corrected chi connectivity index (χ3v) is 4.87. The van der Waals surface area contributed by atoms with Gasteiger partial charge in [0, 0.05) is 35.7 Å². The van der Waals surface area contributed by atoms with Crippen LogP contribution in [0.1, 0.15) is 18.5 Å². The number of nitro benzene ring substituents is 1. The zero-order valence-electron chi connectivity index (χ0n) is 12.0. The Morgan fingerprint density at radius 3 is 3.14 bits per heavy atom. The summed E-state index contributed by atoms with van der Waals surface area (Å²) < 4.78 is 0. The maximum Gasteiger partial charge on any atom is 0.270 e. The molecule has 0 unspecified atom stereocenters. The molecular formula is C15H17N3O3S. The Balaban J connectivity index is 1.76. The van der Waals surface area contributed by atoms with Crippen LogP contribution in [-0.4, -0.2) is 39.1 Å². The zero-order chi connectivity index (χ0) is 15.5. The number of non-ortho nitro benzene ring substituents is 1. The molecule has 0 bridgehead atoms. The fourth-order valence-corrected chi connectivity index (χ4v) is 3.59. The highest BCUT2D eigenvalue weighted by Crippen LogP contribution is 2.28. The maximum atomic E-state index is 10.8. The van der Waals surface area contributed by atoms with Gasteiger partial charge in [-0.3, -0.25) is 15.0 Å². The van der Waals surface area contributed by atoms with Gasteiger partial charge in [0.2, 0.25) is 0 Å². The molecule has 1 fully saturated rings. The Morgan fingerprint density at radius 2 is 2.36 bits per heavy atom. The number of benzene rings is 1. The summed E-state index contributed by atoms with van der Waals surface area (Å²) in [5.74, 6) is 0. The third kappa shape index (κ3) is 3.16. The number of rotatable bonds is 5. The Bertz CT molecular complexity index is 674. The van der Waals surface area contributed by atoms with Crippen molar-refractivity contribution in [3.05, 3.63) is 45.5 Å². The summed E-state index contributed by atoms with van der Waals surface area (Å²) in [5.41, 5.74) is 1.80. The topological polar surface area (TPSA) is 79.5 Å². The average Bonchev–Trinajstić information content (AvgIpc) is 3.17. The predicted molar refractivity (Wildman–Crippen MR) is 84.7 cm³/mol. The van der Waals surface area contributed by atoms with E-state index in [0.717, 1.165) is 42.2 Å². The number of nitro groups is 1. The SMILES string of the molecule is O=[N+]([O-])c1cccc(-c2nc(CN3CCC[C@@H]3CO)cs2)c1. The quantitative estimate of drug-likeness (QED) is 0.677. The summed E-state index contributed by atoms with van der Waals surface area (Å²) >= 11 is 1.49. The van der Waals surface area contributed by atoms with Gasteiger partial charge < -0.3 is 5.11 Å². The van der Waals surface area contributed by atoms with Crippen LogP contribution >= 0.6 is 11.3 Å². The molecular weight excluding hydrogens is 302 g/mol. The van der Waals surface area contributed by atoms with Crippen molar-refractivity contribution in [2.45, 2.75) is 25.4 Å². The van der Waals surface area contributed by atoms with Crippen LogP contribution < -0.4 is 0 Å². The molecule has 116 valence electrons. The van der Waals surface area contributed by atoms with E-state index in [2.05, 4.69) is 9.88 Å². The standard InChI is InChI=1S/C15H17N3O3S/c19-9-14-5-2-6-17(14)8-12-10-22-15(16-12)11-3-1-4-13(7-11)18(20)21/h1,3-4,7,10,14,19H,2,5-6,8-9H2/t14-/m1/s1. The molecule has 0 radical (unpaired) electrons. The molecule has 0 amide bonds. The van der Waals surface area contributed by atoms with Gasteiger partial charge in [0.25, 0.3) is 5.69 Å². The number of nitrogens with zero attached hydrogens (tertiary/aromatic N) is 3. The summed E-state index contributed by atoms with van der Waals surface area (Å²) in [5, 5.41) is 23.0. The molecule has 1 atom stereocenters. The molecule has 7 heteroatoms. The molecule has 0 aliphatic carbocycles. The van der Waals surface area contributed by atoms with Gasteiger partial charge in [-0.2, -0.15) is 0 Å². The van der Waals surface area contributed by atoms with Crippen molar-refractivity contribution in [3.8, 4) is 10.6 Å². The lowest BCUT2D eigenvalue weighted by molar-refractivity contribution is -0.384. The molecule has 1 N–H and O–H groups in total. The van der Waals surface area contributed by atoms with Gasteiger partial charge in [0.15, 0.2) is 0 Å². The second-order valence-corrected chi connectivity index (χ2v) is 6.26. The van der Waals surface area contributed by atoms with Crippen molar-refractivity contribution in [3.63, 3.8) is 0 Å². The minimum Gasteiger partial charge on any atom is -0.395 e. The molecule has 1 aromatic heterocycles. The van der Waals surface area contributed by atoms with Gasteiger partial charge in [-0.1, -0.05) is 12.1 Å². The summed E-state index contributed by atoms with van der Waals surface area (Å²) in [7, 11) is 0. The Morgan fingerprint density at radius 1 is 1.50 bits per heavy atom. The molecule has 2 heterocycles. The average molecular weight is 319 g/mol. The van der Waals surface area contributed by atoms with Crippen LogP contribution in [0.5, 0.6) is 0 Å². The first-order valence-electron chi connectivity index (χ1n) is 7.21. The van der Waals surface area contributed by atoms with Crippen molar-refractivity contribution in [1.29, 1.82) is 0 Å². The monoisotopic (exact) mass is 319 g/mol. The number of hydrogen-bond donors (Lipinski definition) is 1. The van der Waals surface area contributed by atoms with Crippen LogP contribution in [-0.2, 0) is 6.54 Å². The summed E-state index contributed by atoms with van der Waals surface area (Å²) in [6.45, 7) is 1.88. The first-order valence-corrected chi connectivity index (χ1v) is 8.09. The van der Waals surface area contributed by atoms with Crippen molar-refractivity contribution in [1.82, 2.24) is 9.88 Å². The smallest absolute Gasteiger partial charge is 0.270 e. The normalized spacial score (nSPS) is 18.7. The lowest BCUT2D eigenvalue weighted by atomic mass is 10.2. The Hall–Kier alpha value is -1.83. The van der Waals surface area contributed by atoms with Gasteiger partial charge >= 0.3 is 0 Å². The van der Waals surface area contributed by atoms with E-state index in [4.69, 9.17) is 0 Å². The number of aliphatic hydroxyl groups excluding tert-OH is 1. The largest absolute Gasteiger partial charge is 0.395 e. The van der Waals surface area contributed by atoms with Gasteiger partial charge in [0.05, 0.1) is 17.2 Å². The van der Waals surface area contributed by atoms with Crippen LogP contribution in [0.15, 0.2) is 29.6 Å². The maximum absolute atomic E-state index is 10.8. The number of aliphatic hydroxyl groups is 1. The molecule has 3 rings (SSSR count). The van der Waals surface area contributed by atoms with Crippen molar-refractivity contribution in [2.75, 3.05) is 13.2 Å². The minimum atomic E-state index is -0.395. The predicted octanol–water partition coefficient (Wildman–Crippen LogP) is 2.68. The highest BCUT2D eigenvalue weighted by molar-refractivity contribution is 7.13. The summed E-state index contributed by atoms with van der Waals surface area (Å²) in [6, 6.07) is 6.77. The molecule has 6 nitrogen and oxygen atoms in total. The minimum absolute atomic E-state index is 0.0779. The number of likely N-dealkylation sites (tertiary alicyclic amines) is 1. The van der Waals surface area contributed by atoms with Crippen LogP contribution in [0.25, 0.3) is 10.6 Å². The molecule has 1 aromatic carbocycles. The van der Waals surface area contributed by atoms with Gasteiger partial charge in [-0.25, -0.2) is 4.98 Å². The lowest BCUT2D eigenvalue weighted by Crippen LogP contribution is -2.31. The summed E-state index contributed by atoms with van der Waals surface area (Å²) in [4.78, 5) is 17.3. The van der Waals surface area contributed by atoms with Gasteiger partial charge in [-0.05, 0) is 19.4 Å². The Kier molecular flexibility index (Phi) is 4.47.